The van der Waals surface area contributed by atoms with Crippen LogP contribution in [0.3, 0.4) is 0 Å². The van der Waals surface area contributed by atoms with Crippen LogP contribution in [0.5, 0.6) is 5.75 Å². The Morgan fingerprint density at radius 3 is 2.26 bits per heavy atom. The Morgan fingerprint density at radius 1 is 0.947 bits per heavy atom. The molecule has 0 aliphatic carbocycles. The van der Waals surface area contributed by atoms with Crippen molar-refractivity contribution >= 4 is 11.6 Å². The summed E-state index contributed by atoms with van der Waals surface area (Å²) in [6.45, 7) is 0.194. The maximum absolute atomic E-state index is 9.30. The van der Waals surface area contributed by atoms with Gasteiger partial charge in [0.15, 0.2) is 0 Å². The van der Waals surface area contributed by atoms with Gasteiger partial charge in [-0.05, 0) is 41.7 Å². The Bertz CT molecular complexity index is 527. The molecule has 0 aliphatic heterocycles. The monoisotopic (exact) mass is 254 g/mol. The van der Waals surface area contributed by atoms with Crippen molar-refractivity contribution in [2.45, 2.75) is 12.8 Å². The average molecular weight is 254 g/mol. The van der Waals surface area contributed by atoms with E-state index >= 15 is 0 Å². The standard InChI is InChI=1S/C17H18O2/c18-12-4-7-16(15-5-2-1-3-6-15)13-14-8-10-17(19)11-9-14/h1-3,5-6,8-11,13,18-19H,4,7,12H2/b16-13+. The zero-order chi connectivity index (χ0) is 13.5. The topological polar surface area (TPSA) is 40.5 Å². The number of phenolic OH excluding ortho intramolecular Hbond substituents is 1. The number of aliphatic hydroxyl groups excluding tert-OH is 1. The van der Waals surface area contributed by atoms with Crippen molar-refractivity contribution in [2.24, 2.45) is 0 Å². The maximum Gasteiger partial charge on any atom is 0.115 e. The lowest BCUT2D eigenvalue weighted by molar-refractivity contribution is 0.290. The van der Waals surface area contributed by atoms with Crippen LogP contribution in [0.25, 0.3) is 11.6 Å². The van der Waals surface area contributed by atoms with Gasteiger partial charge in [0.2, 0.25) is 0 Å². The first kappa shape index (κ1) is 13.4. The van der Waals surface area contributed by atoms with Crippen LogP contribution in [-0.2, 0) is 0 Å². The van der Waals surface area contributed by atoms with E-state index in [1.54, 1.807) is 12.1 Å². The summed E-state index contributed by atoms with van der Waals surface area (Å²) in [4.78, 5) is 0. The van der Waals surface area contributed by atoms with Crippen molar-refractivity contribution in [1.82, 2.24) is 0 Å². The van der Waals surface area contributed by atoms with Gasteiger partial charge >= 0.3 is 0 Å². The number of aliphatic hydroxyl groups is 1. The highest BCUT2D eigenvalue weighted by atomic mass is 16.3. The summed E-state index contributed by atoms with van der Waals surface area (Å²) in [7, 11) is 0. The average Bonchev–Trinajstić information content (AvgIpc) is 2.46. The first-order valence-electron chi connectivity index (χ1n) is 6.45. The van der Waals surface area contributed by atoms with Crippen LogP contribution in [-0.4, -0.2) is 16.8 Å². The molecule has 0 fully saturated rings. The Hall–Kier alpha value is -2.06. The number of hydrogen-bond donors (Lipinski definition) is 2. The smallest absolute Gasteiger partial charge is 0.115 e. The van der Waals surface area contributed by atoms with Crippen LogP contribution in [0.2, 0.25) is 0 Å². The molecule has 0 bridgehead atoms. The molecule has 0 radical (unpaired) electrons. The second-order valence-electron chi connectivity index (χ2n) is 4.45. The molecule has 0 aliphatic rings. The Morgan fingerprint density at radius 2 is 1.63 bits per heavy atom. The number of phenols is 1. The third kappa shape index (κ3) is 3.97. The highest BCUT2D eigenvalue weighted by Crippen LogP contribution is 2.23. The Balaban J connectivity index is 2.29. The Labute approximate surface area is 113 Å². The zero-order valence-corrected chi connectivity index (χ0v) is 10.8. The van der Waals surface area contributed by atoms with E-state index in [9.17, 15) is 5.11 Å². The summed E-state index contributed by atoms with van der Waals surface area (Å²) in [5, 5.41) is 18.3. The van der Waals surface area contributed by atoms with Gasteiger partial charge in [-0.3, -0.25) is 0 Å². The van der Waals surface area contributed by atoms with Crippen molar-refractivity contribution < 1.29 is 10.2 Å². The second-order valence-corrected chi connectivity index (χ2v) is 4.45. The van der Waals surface area contributed by atoms with E-state index < -0.39 is 0 Å². The maximum atomic E-state index is 9.30. The van der Waals surface area contributed by atoms with Crippen molar-refractivity contribution in [1.29, 1.82) is 0 Å². The molecule has 0 saturated carbocycles. The molecular formula is C17H18O2. The highest BCUT2D eigenvalue weighted by Gasteiger charge is 2.01. The molecular weight excluding hydrogens is 236 g/mol. The molecule has 2 nitrogen and oxygen atoms in total. The van der Waals surface area contributed by atoms with Crippen molar-refractivity contribution in [3.05, 3.63) is 65.7 Å². The van der Waals surface area contributed by atoms with E-state index in [0.29, 0.717) is 0 Å². The summed E-state index contributed by atoms with van der Waals surface area (Å²) in [5.74, 6) is 0.272. The summed E-state index contributed by atoms with van der Waals surface area (Å²) < 4.78 is 0. The van der Waals surface area contributed by atoms with Gasteiger partial charge in [0.05, 0.1) is 0 Å². The minimum Gasteiger partial charge on any atom is -0.508 e. The fraction of sp³-hybridized carbons (Fsp3) is 0.176. The molecule has 0 unspecified atom stereocenters. The number of benzene rings is 2. The molecule has 2 rings (SSSR count). The molecule has 19 heavy (non-hydrogen) atoms. The van der Waals surface area contributed by atoms with Gasteiger partial charge in [-0.25, -0.2) is 0 Å². The molecule has 2 N–H and O–H groups in total. The summed E-state index contributed by atoms with van der Waals surface area (Å²) in [5.41, 5.74) is 3.42. The number of allylic oxidation sites excluding steroid dienone is 1. The first-order valence-corrected chi connectivity index (χ1v) is 6.45. The third-order valence-electron chi connectivity index (χ3n) is 2.98. The molecule has 2 heteroatoms. The molecule has 2 aromatic rings. The first-order chi connectivity index (χ1) is 9.29. The van der Waals surface area contributed by atoms with Crippen LogP contribution in [0, 0.1) is 0 Å². The lowest BCUT2D eigenvalue weighted by Crippen LogP contribution is -1.88. The minimum absolute atomic E-state index is 0.194. The molecule has 0 saturated heterocycles. The molecule has 0 aromatic heterocycles. The van der Waals surface area contributed by atoms with Crippen molar-refractivity contribution in [3.63, 3.8) is 0 Å². The SMILES string of the molecule is OCCC/C(=C\c1ccc(O)cc1)c1ccccc1. The molecule has 0 amide bonds. The van der Waals surface area contributed by atoms with E-state index in [1.807, 2.05) is 30.3 Å². The van der Waals surface area contributed by atoms with Gasteiger partial charge < -0.3 is 10.2 Å². The van der Waals surface area contributed by atoms with E-state index in [-0.39, 0.29) is 12.4 Å². The van der Waals surface area contributed by atoms with Crippen LogP contribution in [0.1, 0.15) is 24.0 Å². The van der Waals surface area contributed by atoms with Crippen molar-refractivity contribution in [2.75, 3.05) is 6.61 Å². The normalized spacial score (nSPS) is 11.5. The van der Waals surface area contributed by atoms with Gasteiger partial charge in [-0.15, -0.1) is 0 Å². The molecule has 2 aromatic carbocycles. The summed E-state index contributed by atoms with van der Waals surface area (Å²) in [6, 6.07) is 17.3. The van der Waals surface area contributed by atoms with E-state index in [4.69, 9.17) is 5.11 Å². The minimum atomic E-state index is 0.194. The van der Waals surface area contributed by atoms with Gasteiger partial charge in [-0.1, -0.05) is 48.5 Å². The predicted octanol–water partition coefficient (Wildman–Crippen LogP) is 3.71. The molecule has 0 spiro atoms. The molecule has 0 atom stereocenters. The lowest BCUT2D eigenvalue weighted by atomic mass is 9.98. The van der Waals surface area contributed by atoms with Gasteiger partial charge in [-0.2, -0.15) is 0 Å². The van der Waals surface area contributed by atoms with Crippen LogP contribution >= 0.6 is 0 Å². The fourth-order valence-electron chi connectivity index (χ4n) is 1.99. The fourth-order valence-corrected chi connectivity index (χ4v) is 1.99. The zero-order valence-electron chi connectivity index (χ0n) is 10.8. The number of rotatable bonds is 5. The van der Waals surface area contributed by atoms with Crippen molar-refractivity contribution in [3.8, 4) is 5.75 Å². The third-order valence-corrected chi connectivity index (χ3v) is 2.98. The van der Waals surface area contributed by atoms with Gasteiger partial charge in [0.25, 0.3) is 0 Å². The van der Waals surface area contributed by atoms with Crippen LogP contribution in [0.15, 0.2) is 54.6 Å². The van der Waals surface area contributed by atoms with Gasteiger partial charge in [0.1, 0.15) is 5.75 Å². The predicted molar refractivity (Wildman–Crippen MR) is 78.7 cm³/mol. The summed E-state index contributed by atoms with van der Waals surface area (Å²) >= 11 is 0. The Kier molecular flexibility index (Phi) is 4.76. The van der Waals surface area contributed by atoms with Crippen LogP contribution in [0.4, 0.5) is 0 Å². The van der Waals surface area contributed by atoms with Crippen LogP contribution < -0.4 is 0 Å². The summed E-state index contributed by atoms with van der Waals surface area (Å²) in [6.07, 6.45) is 3.69. The second kappa shape index (κ2) is 6.76. The van der Waals surface area contributed by atoms with E-state index in [1.165, 1.54) is 11.1 Å². The van der Waals surface area contributed by atoms with Gasteiger partial charge in [0, 0.05) is 6.61 Å². The van der Waals surface area contributed by atoms with E-state index in [0.717, 1.165) is 18.4 Å². The molecule has 98 valence electrons. The number of aromatic hydroxyl groups is 1. The largest absolute Gasteiger partial charge is 0.508 e. The number of hydrogen-bond acceptors (Lipinski definition) is 2. The molecule has 0 heterocycles. The van der Waals surface area contributed by atoms with E-state index in [2.05, 4.69) is 18.2 Å². The lowest BCUT2D eigenvalue weighted by Gasteiger charge is -2.07. The quantitative estimate of drug-likeness (QED) is 0.799. The highest BCUT2D eigenvalue weighted by molar-refractivity contribution is 5.81.